The molecule has 0 spiro atoms. The molecule has 0 radical (unpaired) electrons. The number of aromatic nitrogens is 3. The largest absolute Gasteiger partial charge is 0.386 e. The van der Waals surface area contributed by atoms with Gasteiger partial charge in [-0.3, -0.25) is 5.41 Å². The summed E-state index contributed by atoms with van der Waals surface area (Å²) in [5.74, 6) is 0.0838. The van der Waals surface area contributed by atoms with E-state index in [1.807, 2.05) is 0 Å². The summed E-state index contributed by atoms with van der Waals surface area (Å²) in [6.07, 6.45) is 3.20. The monoisotopic (exact) mass is 161 g/mol. The summed E-state index contributed by atoms with van der Waals surface area (Å²) in [6.45, 7) is 0.319. The van der Waals surface area contributed by atoms with Crippen molar-refractivity contribution in [2.75, 3.05) is 0 Å². The number of hydrogen-bond acceptors (Lipinski definition) is 3. The van der Waals surface area contributed by atoms with Crippen LogP contribution in [0.15, 0.2) is 12.4 Å². The lowest BCUT2D eigenvalue weighted by Gasteiger charge is -1.93. The molecule has 1 rings (SSSR count). The minimum Gasteiger partial charge on any atom is -0.386 e. The zero-order valence-corrected chi connectivity index (χ0v) is 6.01. The second kappa shape index (κ2) is 3.84. The third kappa shape index (κ3) is 2.45. The van der Waals surface area contributed by atoms with Gasteiger partial charge in [-0.1, -0.05) is 5.21 Å². The van der Waals surface area contributed by atoms with E-state index in [0.29, 0.717) is 6.54 Å². The highest BCUT2D eigenvalue weighted by molar-refractivity contribution is 5.85. The van der Waals surface area contributed by atoms with E-state index in [1.54, 1.807) is 12.4 Å². The standard InChI is InChI=1S/C4H7N5.ClH/c5-4(6)3-9-2-1-7-8-9;/h1-2H,3H2,(H3,5,6);1H. The van der Waals surface area contributed by atoms with E-state index in [4.69, 9.17) is 11.1 Å². The van der Waals surface area contributed by atoms with Crippen molar-refractivity contribution in [3.63, 3.8) is 0 Å². The molecule has 0 aromatic carbocycles. The van der Waals surface area contributed by atoms with Crippen LogP contribution in [0.5, 0.6) is 0 Å². The van der Waals surface area contributed by atoms with Crippen LogP contribution in [-0.4, -0.2) is 20.8 Å². The fraction of sp³-hybridized carbons (Fsp3) is 0.250. The molecule has 0 aliphatic rings. The fourth-order valence-electron chi connectivity index (χ4n) is 0.492. The summed E-state index contributed by atoms with van der Waals surface area (Å²) in [5, 5.41) is 14.0. The van der Waals surface area contributed by atoms with Crippen molar-refractivity contribution in [2.24, 2.45) is 5.73 Å². The van der Waals surface area contributed by atoms with E-state index in [-0.39, 0.29) is 18.2 Å². The summed E-state index contributed by atoms with van der Waals surface area (Å²) in [6, 6.07) is 0. The van der Waals surface area contributed by atoms with Crippen LogP contribution >= 0.6 is 12.4 Å². The molecule has 6 heteroatoms. The van der Waals surface area contributed by atoms with E-state index >= 15 is 0 Å². The zero-order valence-electron chi connectivity index (χ0n) is 5.19. The van der Waals surface area contributed by atoms with E-state index in [1.165, 1.54) is 4.68 Å². The van der Waals surface area contributed by atoms with Gasteiger partial charge in [-0.25, -0.2) is 4.68 Å². The first-order valence-corrected chi connectivity index (χ1v) is 2.46. The highest BCUT2D eigenvalue weighted by atomic mass is 35.5. The first-order valence-electron chi connectivity index (χ1n) is 2.46. The Morgan fingerprint density at radius 2 is 2.40 bits per heavy atom. The molecule has 0 saturated carbocycles. The lowest BCUT2D eigenvalue weighted by Crippen LogP contribution is -2.18. The van der Waals surface area contributed by atoms with Gasteiger partial charge in [0, 0.05) is 6.20 Å². The van der Waals surface area contributed by atoms with E-state index in [2.05, 4.69) is 10.3 Å². The minimum atomic E-state index is 0. The molecule has 0 saturated heterocycles. The Labute approximate surface area is 64.1 Å². The van der Waals surface area contributed by atoms with E-state index in [0.717, 1.165) is 0 Å². The quantitative estimate of drug-likeness (QED) is 0.459. The molecule has 0 bridgehead atoms. The van der Waals surface area contributed by atoms with Crippen LogP contribution < -0.4 is 5.73 Å². The second-order valence-corrected chi connectivity index (χ2v) is 1.63. The summed E-state index contributed by atoms with van der Waals surface area (Å²) >= 11 is 0. The van der Waals surface area contributed by atoms with Gasteiger partial charge in [-0.15, -0.1) is 17.5 Å². The topological polar surface area (TPSA) is 80.6 Å². The Balaban J connectivity index is 0.000000810. The van der Waals surface area contributed by atoms with Gasteiger partial charge in [-0.05, 0) is 0 Å². The molecule has 5 nitrogen and oxygen atoms in total. The summed E-state index contributed by atoms with van der Waals surface area (Å²) < 4.78 is 1.49. The first-order chi connectivity index (χ1) is 4.29. The van der Waals surface area contributed by atoms with Crippen LogP contribution in [0.3, 0.4) is 0 Å². The molecule has 0 aliphatic carbocycles. The molecular formula is C4H8ClN5. The Kier molecular flexibility index (Phi) is 3.42. The number of nitrogens with two attached hydrogens (primary N) is 1. The maximum atomic E-state index is 6.86. The normalized spacial score (nSPS) is 8.40. The van der Waals surface area contributed by atoms with Gasteiger partial charge in [0.05, 0.1) is 12.7 Å². The molecule has 56 valence electrons. The molecule has 3 N–H and O–H groups in total. The number of rotatable bonds is 2. The van der Waals surface area contributed by atoms with Crippen molar-refractivity contribution >= 4 is 18.2 Å². The molecular weight excluding hydrogens is 154 g/mol. The van der Waals surface area contributed by atoms with Gasteiger partial charge < -0.3 is 5.73 Å². The maximum absolute atomic E-state index is 6.86. The van der Waals surface area contributed by atoms with Crippen molar-refractivity contribution in [2.45, 2.75) is 6.54 Å². The van der Waals surface area contributed by atoms with Crippen LogP contribution in [0.1, 0.15) is 0 Å². The molecule has 1 aromatic heterocycles. The van der Waals surface area contributed by atoms with E-state index < -0.39 is 0 Å². The molecule has 1 aromatic rings. The van der Waals surface area contributed by atoms with Crippen molar-refractivity contribution in [1.82, 2.24) is 15.0 Å². The van der Waals surface area contributed by atoms with Gasteiger partial charge in [0.25, 0.3) is 0 Å². The smallest absolute Gasteiger partial charge is 0.113 e. The molecule has 0 atom stereocenters. The summed E-state index contributed by atoms with van der Waals surface area (Å²) in [4.78, 5) is 0. The lowest BCUT2D eigenvalue weighted by atomic mass is 10.6. The fourth-order valence-corrected chi connectivity index (χ4v) is 0.492. The number of hydrogen-bond donors (Lipinski definition) is 2. The van der Waals surface area contributed by atoms with Gasteiger partial charge in [0.15, 0.2) is 0 Å². The molecule has 0 amide bonds. The van der Waals surface area contributed by atoms with Crippen LogP contribution in [0, 0.1) is 5.41 Å². The highest BCUT2D eigenvalue weighted by Crippen LogP contribution is 1.77. The van der Waals surface area contributed by atoms with Crippen LogP contribution in [0.25, 0.3) is 0 Å². The third-order valence-corrected chi connectivity index (χ3v) is 0.804. The predicted octanol–water partition coefficient (Wildman–Crippen LogP) is -0.364. The molecule has 0 unspecified atom stereocenters. The van der Waals surface area contributed by atoms with Crippen LogP contribution in [0.2, 0.25) is 0 Å². The lowest BCUT2D eigenvalue weighted by molar-refractivity contribution is 0.675. The molecule has 1 heterocycles. The van der Waals surface area contributed by atoms with Gasteiger partial charge >= 0.3 is 0 Å². The number of nitrogens with one attached hydrogen (secondary N) is 1. The van der Waals surface area contributed by atoms with Crippen LogP contribution in [-0.2, 0) is 6.54 Å². The second-order valence-electron chi connectivity index (χ2n) is 1.63. The number of halogens is 1. The highest BCUT2D eigenvalue weighted by Gasteiger charge is 1.90. The van der Waals surface area contributed by atoms with Crippen LogP contribution in [0.4, 0.5) is 0 Å². The number of amidine groups is 1. The van der Waals surface area contributed by atoms with Gasteiger partial charge in [0.2, 0.25) is 0 Å². The summed E-state index contributed by atoms with van der Waals surface area (Å²) in [5.41, 5.74) is 5.08. The van der Waals surface area contributed by atoms with Gasteiger partial charge in [-0.2, -0.15) is 0 Å². The Morgan fingerprint density at radius 1 is 1.70 bits per heavy atom. The zero-order chi connectivity index (χ0) is 6.69. The number of nitrogens with zero attached hydrogens (tertiary/aromatic N) is 3. The third-order valence-electron chi connectivity index (χ3n) is 0.804. The Morgan fingerprint density at radius 3 is 2.80 bits per heavy atom. The average Bonchev–Trinajstić information content (AvgIpc) is 2.15. The van der Waals surface area contributed by atoms with Crippen molar-refractivity contribution < 1.29 is 0 Å². The Bertz CT molecular complexity index is 193. The minimum absolute atomic E-state index is 0. The summed E-state index contributed by atoms with van der Waals surface area (Å²) in [7, 11) is 0. The van der Waals surface area contributed by atoms with Crippen molar-refractivity contribution in [3.8, 4) is 0 Å². The van der Waals surface area contributed by atoms with Gasteiger partial charge in [0.1, 0.15) is 5.84 Å². The van der Waals surface area contributed by atoms with Crippen molar-refractivity contribution in [3.05, 3.63) is 12.4 Å². The van der Waals surface area contributed by atoms with E-state index in [9.17, 15) is 0 Å². The maximum Gasteiger partial charge on any atom is 0.113 e. The molecule has 10 heavy (non-hydrogen) atoms. The molecule has 0 aliphatic heterocycles. The van der Waals surface area contributed by atoms with Crippen molar-refractivity contribution in [1.29, 1.82) is 5.41 Å². The average molecular weight is 162 g/mol. The molecule has 0 fully saturated rings. The first kappa shape index (κ1) is 8.90. The predicted molar refractivity (Wildman–Crippen MR) is 39.2 cm³/mol. The SMILES string of the molecule is Cl.N=C(N)Cn1ccnn1. The Hall–Kier alpha value is -1.10.